The highest BCUT2D eigenvalue weighted by Crippen LogP contribution is 2.38. The molecule has 4 rings (SSSR count). The SMILES string of the molecule is CC(C)c1cc(-c2nnc(C(N)=O)n2Cc2ccc3c(c2)OCO3)c(O)cc1O. The average molecular weight is 396 g/mol. The van der Waals surface area contributed by atoms with Crippen molar-refractivity contribution in [1.29, 1.82) is 0 Å². The van der Waals surface area contributed by atoms with E-state index >= 15 is 0 Å². The van der Waals surface area contributed by atoms with Gasteiger partial charge in [-0.25, -0.2) is 0 Å². The molecule has 9 nitrogen and oxygen atoms in total. The van der Waals surface area contributed by atoms with E-state index in [0.29, 0.717) is 22.6 Å². The minimum absolute atomic E-state index is 0.00944. The van der Waals surface area contributed by atoms with E-state index in [4.69, 9.17) is 15.2 Å². The number of nitrogens with zero attached hydrogens (tertiary/aromatic N) is 3. The molecule has 9 heteroatoms. The van der Waals surface area contributed by atoms with Crippen LogP contribution in [0.1, 0.15) is 41.5 Å². The molecular formula is C20H20N4O5. The minimum atomic E-state index is -0.744. The van der Waals surface area contributed by atoms with Crippen molar-refractivity contribution in [3.8, 4) is 34.4 Å². The molecule has 1 aliphatic rings. The summed E-state index contributed by atoms with van der Waals surface area (Å²) in [5.74, 6) is 0.535. The molecule has 4 N–H and O–H groups in total. The zero-order chi connectivity index (χ0) is 20.7. The third-order valence-electron chi connectivity index (χ3n) is 4.76. The van der Waals surface area contributed by atoms with Crippen molar-refractivity contribution in [1.82, 2.24) is 14.8 Å². The Labute approximate surface area is 166 Å². The van der Waals surface area contributed by atoms with Crippen molar-refractivity contribution in [3.63, 3.8) is 0 Å². The summed E-state index contributed by atoms with van der Waals surface area (Å²) in [5, 5.41) is 28.5. The molecule has 1 aromatic heterocycles. The second kappa shape index (κ2) is 7.01. The number of hydrogen-bond acceptors (Lipinski definition) is 7. The fourth-order valence-corrected chi connectivity index (χ4v) is 3.29. The van der Waals surface area contributed by atoms with Gasteiger partial charge in [-0.05, 0) is 35.2 Å². The Morgan fingerprint density at radius 3 is 2.62 bits per heavy atom. The fourth-order valence-electron chi connectivity index (χ4n) is 3.29. The van der Waals surface area contributed by atoms with E-state index in [2.05, 4.69) is 10.2 Å². The van der Waals surface area contributed by atoms with E-state index < -0.39 is 5.91 Å². The highest BCUT2D eigenvalue weighted by atomic mass is 16.7. The largest absolute Gasteiger partial charge is 0.508 e. The second-order valence-electron chi connectivity index (χ2n) is 7.07. The van der Waals surface area contributed by atoms with Crippen LogP contribution in [0.5, 0.6) is 23.0 Å². The molecule has 0 fully saturated rings. The van der Waals surface area contributed by atoms with E-state index in [0.717, 1.165) is 5.56 Å². The summed E-state index contributed by atoms with van der Waals surface area (Å²) < 4.78 is 12.2. The number of benzene rings is 2. The van der Waals surface area contributed by atoms with E-state index in [1.807, 2.05) is 19.9 Å². The van der Waals surface area contributed by atoms with Crippen LogP contribution in [-0.4, -0.2) is 37.7 Å². The standard InChI is InChI=1S/C20H20N4O5/c1-10(2)12-6-13(15(26)7-14(12)25)19-22-23-20(18(21)27)24(19)8-11-3-4-16-17(5-11)29-9-28-16/h3-7,10,25-26H,8-9H2,1-2H3,(H2,21,27). The first-order chi connectivity index (χ1) is 13.8. The van der Waals surface area contributed by atoms with Gasteiger partial charge in [0.05, 0.1) is 12.1 Å². The lowest BCUT2D eigenvalue weighted by atomic mass is 9.98. The average Bonchev–Trinajstić information content (AvgIpc) is 3.28. The summed E-state index contributed by atoms with van der Waals surface area (Å²) >= 11 is 0. The lowest BCUT2D eigenvalue weighted by molar-refractivity contribution is 0.0986. The fraction of sp³-hybridized carbons (Fsp3) is 0.250. The van der Waals surface area contributed by atoms with Gasteiger partial charge in [0.15, 0.2) is 17.3 Å². The van der Waals surface area contributed by atoms with Crippen molar-refractivity contribution in [2.45, 2.75) is 26.3 Å². The summed E-state index contributed by atoms with van der Waals surface area (Å²) in [4.78, 5) is 11.9. The highest BCUT2D eigenvalue weighted by molar-refractivity contribution is 5.90. The number of carbonyl (C=O) groups excluding carboxylic acids is 1. The molecule has 2 heterocycles. The first-order valence-electron chi connectivity index (χ1n) is 9.03. The summed E-state index contributed by atoms with van der Waals surface area (Å²) in [6.07, 6.45) is 0. The summed E-state index contributed by atoms with van der Waals surface area (Å²) in [7, 11) is 0. The van der Waals surface area contributed by atoms with Crippen molar-refractivity contribution in [3.05, 3.63) is 47.3 Å². The number of phenols is 2. The molecule has 0 atom stereocenters. The number of ether oxygens (including phenoxy) is 2. The normalized spacial score (nSPS) is 12.5. The van der Waals surface area contributed by atoms with Gasteiger partial charge in [0.1, 0.15) is 11.5 Å². The Balaban J connectivity index is 1.82. The molecular weight excluding hydrogens is 376 g/mol. The van der Waals surface area contributed by atoms with Gasteiger partial charge in [0, 0.05) is 6.07 Å². The molecule has 0 radical (unpaired) electrons. The zero-order valence-corrected chi connectivity index (χ0v) is 15.9. The zero-order valence-electron chi connectivity index (χ0n) is 15.9. The van der Waals surface area contributed by atoms with Gasteiger partial charge in [-0.2, -0.15) is 0 Å². The van der Waals surface area contributed by atoms with Gasteiger partial charge in [0.2, 0.25) is 12.6 Å². The Hall–Kier alpha value is -3.75. The summed E-state index contributed by atoms with van der Waals surface area (Å²) in [5.41, 5.74) is 7.26. The van der Waals surface area contributed by atoms with E-state index in [1.165, 1.54) is 10.6 Å². The third-order valence-corrected chi connectivity index (χ3v) is 4.76. The smallest absolute Gasteiger partial charge is 0.286 e. The summed E-state index contributed by atoms with van der Waals surface area (Å²) in [6.45, 7) is 4.21. The molecule has 0 bridgehead atoms. The van der Waals surface area contributed by atoms with Gasteiger partial charge in [-0.15, -0.1) is 10.2 Å². The van der Waals surface area contributed by atoms with Crippen LogP contribution in [0.2, 0.25) is 0 Å². The number of phenolic OH excluding ortho intramolecular Hbond substituents is 2. The van der Waals surface area contributed by atoms with Gasteiger partial charge < -0.3 is 25.4 Å². The number of rotatable bonds is 5. The molecule has 1 aliphatic heterocycles. The van der Waals surface area contributed by atoms with Crippen molar-refractivity contribution >= 4 is 5.91 Å². The van der Waals surface area contributed by atoms with Gasteiger partial charge in [-0.1, -0.05) is 19.9 Å². The molecule has 0 saturated carbocycles. The van der Waals surface area contributed by atoms with Gasteiger partial charge in [0.25, 0.3) is 5.91 Å². The van der Waals surface area contributed by atoms with Crippen LogP contribution < -0.4 is 15.2 Å². The van der Waals surface area contributed by atoms with Crippen LogP contribution in [0.25, 0.3) is 11.4 Å². The van der Waals surface area contributed by atoms with Crippen LogP contribution in [-0.2, 0) is 6.54 Å². The van der Waals surface area contributed by atoms with Crippen molar-refractivity contribution in [2.75, 3.05) is 6.79 Å². The number of carbonyl (C=O) groups is 1. The lowest BCUT2D eigenvalue weighted by Gasteiger charge is -2.14. The molecule has 0 spiro atoms. The Bertz CT molecular complexity index is 1110. The maximum Gasteiger partial charge on any atom is 0.286 e. The van der Waals surface area contributed by atoms with E-state index in [1.54, 1.807) is 18.2 Å². The van der Waals surface area contributed by atoms with Gasteiger partial charge in [-0.3, -0.25) is 9.36 Å². The maximum absolute atomic E-state index is 11.9. The Morgan fingerprint density at radius 2 is 1.90 bits per heavy atom. The van der Waals surface area contributed by atoms with E-state index in [9.17, 15) is 15.0 Å². The summed E-state index contributed by atoms with van der Waals surface area (Å²) in [6, 6.07) is 8.31. The molecule has 0 saturated heterocycles. The van der Waals surface area contributed by atoms with Crippen LogP contribution in [0.3, 0.4) is 0 Å². The maximum atomic E-state index is 11.9. The molecule has 3 aromatic rings. The van der Waals surface area contributed by atoms with E-state index in [-0.39, 0.29) is 42.4 Å². The molecule has 2 aromatic carbocycles. The molecule has 150 valence electrons. The van der Waals surface area contributed by atoms with Crippen LogP contribution in [0.15, 0.2) is 30.3 Å². The Kier molecular flexibility index (Phi) is 4.50. The number of nitrogens with two attached hydrogens (primary N) is 1. The number of amides is 1. The minimum Gasteiger partial charge on any atom is -0.508 e. The van der Waals surface area contributed by atoms with Crippen molar-refractivity contribution in [2.24, 2.45) is 5.73 Å². The van der Waals surface area contributed by atoms with Gasteiger partial charge >= 0.3 is 0 Å². The quantitative estimate of drug-likeness (QED) is 0.603. The lowest BCUT2D eigenvalue weighted by Crippen LogP contribution is -2.19. The Morgan fingerprint density at radius 1 is 1.14 bits per heavy atom. The first kappa shape index (κ1) is 18.6. The topological polar surface area (TPSA) is 133 Å². The predicted octanol–water partition coefficient (Wildman–Crippen LogP) is 2.36. The highest BCUT2D eigenvalue weighted by Gasteiger charge is 2.23. The molecule has 29 heavy (non-hydrogen) atoms. The number of aromatic hydroxyl groups is 2. The number of fused-ring (bicyclic) bond motifs is 1. The first-order valence-corrected chi connectivity index (χ1v) is 9.03. The van der Waals surface area contributed by atoms with Crippen LogP contribution >= 0.6 is 0 Å². The molecule has 0 aliphatic carbocycles. The van der Waals surface area contributed by atoms with Crippen LogP contribution in [0, 0.1) is 0 Å². The number of hydrogen-bond donors (Lipinski definition) is 3. The number of primary amides is 1. The number of aromatic nitrogens is 3. The molecule has 1 amide bonds. The predicted molar refractivity (Wildman–Crippen MR) is 103 cm³/mol. The third kappa shape index (κ3) is 3.31. The van der Waals surface area contributed by atoms with Crippen LogP contribution in [0.4, 0.5) is 0 Å². The van der Waals surface area contributed by atoms with Crippen molar-refractivity contribution < 1.29 is 24.5 Å². The monoisotopic (exact) mass is 396 g/mol. The second-order valence-corrected chi connectivity index (χ2v) is 7.07. The molecule has 0 unspecified atom stereocenters.